The molecule has 0 radical (unpaired) electrons. The quantitative estimate of drug-likeness (QED) is 0.834. The summed E-state index contributed by atoms with van der Waals surface area (Å²) in [4.78, 5) is 14.2. The molecule has 0 spiro atoms. The fourth-order valence-corrected chi connectivity index (χ4v) is 3.44. The van der Waals surface area contributed by atoms with Crippen molar-refractivity contribution in [3.05, 3.63) is 0 Å². The molecule has 3 atom stereocenters. The Hall–Kier alpha value is -0.570. The van der Waals surface area contributed by atoms with Gasteiger partial charge in [0.25, 0.3) is 0 Å². The van der Waals surface area contributed by atoms with Crippen LogP contribution in [0.25, 0.3) is 0 Å². The molecule has 1 saturated heterocycles. The van der Waals surface area contributed by atoms with Crippen LogP contribution in [0, 0.1) is 17.8 Å². The fraction of sp³-hybridized carbons (Fsp3) is 0.933. The molecule has 104 valence electrons. The van der Waals surface area contributed by atoms with E-state index in [-0.39, 0.29) is 6.04 Å². The van der Waals surface area contributed by atoms with Crippen molar-refractivity contribution in [1.82, 2.24) is 10.2 Å². The van der Waals surface area contributed by atoms with Gasteiger partial charge in [-0.05, 0) is 30.6 Å². The van der Waals surface area contributed by atoms with Crippen molar-refractivity contribution >= 4 is 5.91 Å². The summed E-state index contributed by atoms with van der Waals surface area (Å²) in [6.07, 6.45) is 6.71. The molecular weight excluding hydrogens is 224 g/mol. The molecule has 2 aliphatic rings. The van der Waals surface area contributed by atoms with Gasteiger partial charge in [-0.3, -0.25) is 10.1 Å². The van der Waals surface area contributed by atoms with Crippen molar-refractivity contribution in [3.8, 4) is 0 Å². The average molecular weight is 252 g/mol. The normalized spacial score (nSPS) is 33.4. The fourth-order valence-electron chi connectivity index (χ4n) is 3.44. The van der Waals surface area contributed by atoms with Crippen LogP contribution in [0.4, 0.5) is 0 Å². The molecule has 1 amide bonds. The van der Waals surface area contributed by atoms with Crippen LogP contribution in [0.5, 0.6) is 0 Å². The summed E-state index contributed by atoms with van der Waals surface area (Å²) in [7, 11) is 0. The van der Waals surface area contributed by atoms with Crippen LogP contribution >= 0.6 is 0 Å². The molecule has 2 fully saturated rings. The minimum atomic E-state index is 0.0512. The van der Waals surface area contributed by atoms with Crippen molar-refractivity contribution < 1.29 is 4.79 Å². The largest absolute Gasteiger partial charge is 0.329 e. The summed E-state index contributed by atoms with van der Waals surface area (Å²) in [6.45, 7) is 8.30. The molecule has 0 bridgehead atoms. The van der Waals surface area contributed by atoms with Crippen LogP contribution in [0.1, 0.15) is 52.9 Å². The molecule has 2 rings (SSSR count). The third-order valence-electron chi connectivity index (χ3n) is 4.60. The smallest absolute Gasteiger partial charge is 0.241 e. The molecule has 3 heteroatoms. The number of hydrogen-bond donors (Lipinski definition) is 1. The first kappa shape index (κ1) is 13.9. The Morgan fingerprint density at radius 1 is 1.39 bits per heavy atom. The molecule has 1 aliphatic heterocycles. The van der Waals surface area contributed by atoms with Crippen LogP contribution in [-0.2, 0) is 4.79 Å². The number of nitrogens with one attached hydrogen (secondary N) is 1. The van der Waals surface area contributed by atoms with E-state index in [0.717, 1.165) is 25.0 Å². The van der Waals surface area contributed by atoms with Crippen LogP contribution in [0.15, 0.2) is 0 Å². The van der Waals surface area contributed by atoms with E-state index in [0.29, 0.717) is 11.8 Å². The zero-order valence-electron chi connectivity index (χ0n) is 12.1. The number of nitrogens with zero attached hydrogens (tertiary/aromatic N) is 1. The summed E-state index contributed by atoms with van der Waals surface area (Å²) in [5.41, 5.74) is 0. The number of carbonyl (C=O) groups excluding carboxylic acids is 1. The van der Waals surface area contributed by atoms with E-state index in [4.69, 9.17) is 0 Å². The molecule has 1 N–H and O–H groups in total. The molecule has 0 aromatic rings. The Labute approximate surface area is 111 Å². The van der Waals surface area contributed by atoms with Crippen LogP contribution in [-0.4, -0.2) is 30.1 Å². The lowest BCUT2D eigenvalue weighted by Gasteiger charge is -2.28. The Kier molecular flexibility index (Phi) is 4.66. The lowest BCUT2D eigenvalue weighted by atomic mass is 9.81. The minimum Gasteiger partial charge on any atom is -0.329 e. The second-order valence-electron chi connectivity index (χ2n) is 6.61. The first-order valence-electron chi connectivity index (χ1n) is 7.60. The molecule has 18 heavy (non-hydrogen) atoms. The lowest BCUT2D eigenvalue weighted by molar-refractivity contribution is -0.129. The molecule has 0 aromatic heterocycles. The van der Waals surface area contributed by atoms with Crippen LogP contribution in [0.2, 0.25) is 0 Å². The van der Waals surface area contributed by atoms with Crippen molar-refractivity contribution in [2.45, 2.75) is 58.9 Å². The zero-order valence-corrected chi connectivity index (χ0v) is 12.1. The van der Waals surface area contributed by atoms with E-state index in [1.54, 1.807) is 0 Å². The van der Waals surface area contributed by atoms with Crippen LogP contribution < -0.4 is 5.32 Å². The molecule has 3 nitrogen and oxygen atoms in total. The highest BCUT2D eigenvalue weighted by molar-refractivity contribution is 5.83. The van der Waals surface area contributed by atoms with Gasteiger partial charge < -0.3 is 4.90 Å². The SMILES string of the molecule is CC1CCCC(CCN2CNC(C(C)C)C2=O)C1. The van der Waals surface area contributed by atoms with Gasteiger partial charge in [-0.15, -0.1) is 0 Å². The second-order valence-corrected chi connectivity index (χ2v) is 6.61. The Morgan fingerprint density at radius 2 is 2.17 bits per heavy atom. The number of rotatable bonds is 4. The van der Waals surface area contributed by atoms with Gasteiger partial charge in [-0.1, -0.05) is 40.0 Å². The number of amides is 1. The van der Waals surface area contributed by atoms with Gasteiger partial charge in [-0.2, -0.15) is 0 Å². The summed E-state index contributed by atoms with van der Waals surface area (Å²) in [5.74, 6) is 2.45. The Bertz CT molecular complexity index is 290. The highest BCUT2D eigenvalue weighted by atomic mass is 16.2. The van der Waals surface area contributed by atoms with E-state index in [2.05, 4.69) is 26.1 Å². The Balaban J connectivity index is 1.75. The van der Waals surface area contributed by atoms with Gasteiger partial charge in [0.05, 0.1) is 12.7 Å². The molecule has 1 heterocycles. The summed E-state index contributed by atoms with van der Waals surface area (Å²) < 4.78 is 0. The van der Waals surface area contributed by atoms with Gasteiger partial charge in [0, 0.05) is 6.54 Å². The van der Waals surface area contributed by atoms with Crippen LogP contribution in [0.3, 0.4) is 0 Å². The van der Waals surface area contributed by atoms with E-state index in [1.165, 1.54) is 32.1 Å². The minimum absolute atomic E-state index is 0.0512. The van der Waals surface area contributed by atoms with E-state index in [9.17, 15) is 4.79 Å². The van der Waals surface area contributed by atoms with Crippen molar-refractivity contribution in [2.75, 3.05) is 13.2 Å². The average Bonchev–Trinajstić information content (AvgIpc) is 2.68. The summed E-state index contributed by atoms with van der Waals surface area (Å²) >= 11 is 0. The highest BCUT2D eigenvalue weighted by Crippen LogP contribution is 2.31. The van der Waals surface area contributed by atoms with E-state index >= 15 is 0 Å². The van der Waals surface area contributed by atoms with Gasteiger partial charge >= 0.3 is 0 Å². The van der Waals surface area contributed by atoms with Gasteiger partial charge in [0.15, 0.2) is 0 Å². The Morgan fingerprint density at radius 3 is 2.78 bits per heavy atom. The predicted octanol–water partition coefficient (Wildman–Crippen LogP) is 2.62. The monoisotopic (exact) mass is 252 g/mol. The maximum Gasteiger partial charge on any atom is 0.241 e. The van der Waals surface area contributed by atoms with Crippen molar-refractivity contribution in [2.24, 2.45) is 17.8 Å². The van der Waals surface area contributed by atoms with Gasteiger partial charge in [-0.25, -0.2) is 0 Å². The van der Waals surface area contributed by atoms with Gasteiger partial charge in [0.1, 0.15) is 0 Å². The maximum atomic E-state index is 12.1. The maximum absolute atomic E-state index is 12.1. The van der Waals surface area contributed by atoms with E-state index < -0.39 is 0 Å². The standard InChI is InChI=1S/C15H28N2O/c1-11(2)14-15(18)17(10-16-14)8-7-13-6-4-5-12(3)9-13/h11-14,16H,4-10H2,1-3H3. The van der Waals surface area contributed by atoms with Gasteiger partial charge in [0.2, 0.25) is 5.91 Å². The molecule has 1 saturated carbocycles. The number of hydrogen-bond acceptors (Lipinski definition) is 2. The molecule has 1 aliphatic carbocycles. The molecule has 3 unspecified atom stereocenters. The zero-order chi connectivity index (χ0) is 13.1. The third-order valence-corrected chi connectivity index (χ3v) is 4.60. The highest BCUT2D eigenvalue weighted by Gasteiger charge is 2.33. The summed E-state index contributed by atoms with van der Waals surface area (Å²) in [5, 5.41) is 3.33. The lowest BCUT2D eigenvalue weighted by Crippen LogP contribution is -2.35. The predicted molar refractivity (Wildman–Crippen MR) is 74.1 cm³/mol. The van der Waals surface area contributed by atoms with E-state index in [1.807, 2.05) is 4.90 Å². The molecular formula is C15H28N2O. The molecule has 0 aromatic carbocycles. The first-order chi connectivity index (χ1) is 8.58. The topological polar surface area (TPSA) is 32.3 Å². The van der Waals surface area contributed by atoms with Crippen molar-refractivity contribution in [1.29, 1.82) is 0 Å². The van der Waals surface area contributed by atoms with Crippen molar-refractivity contribution in [3.63, 3.8) is 0 Å². The number of carbonyl (C=O) groups is 1. The second kappa shape index (κ2) is 6.05. The first-order valence-corrected chi connectivity index (χ1v) is 7.60. The summed E-state index contributed by atoms with van der Waals surface area (Å²) in [6, 6.07) is 0.0512. The third kappa shape index (κ3) is 3.25.